The molecular weight excluding hydrogens is 293 g/mol. The molecule has 0 heterocycles. The van der Waals surface area contributed by atoms with Gasteiger partial charge >= 0.3 is 0 Å². The molecule has 0 unspecified atom stereocenters. The van der Waals surface area contributed by atoms with Gasteiger partial charge in [0.2, 0.25) is 10.0 Å². The van der Waals surface area contributed by atoms with Crippen molar-refractivity contribution in [3.05, 3.63) is 35.1 Å². The van der Waals surface area contributed by atoms with Crippen molar-refractivity contribution in [3.8, 4) is 11.8 Å². The fourth-order valence-electron chi connectivity index (χ4n) is 1.74. The van der Waals surface area contributed by atoms with Crippen LogP contribution < -0.4 is 4.72 Å². The van der Waals surface area contributed by atoms with Crippen LogP contribution in [0.1, 0.15) is 31.9 Å². The topological polar surface area (TPSA) is 66.4 Å². The Morgan fingerprint density at radius 2 is 2.00 bits per heavy atom. The first kappa shape index (κ1) is 17.6. The van der Waals surface area contributed by atoms with Gasteiger partial charge in [-0.2, -0.15) is 0 Å². The summed E-state index contributed by atoms with van der Waals surface area (Å²) >= 11 is 0. The normalized spacial score (nSPS) is 11.9. The molecule has 116 valence electrons. The second kappa shape index (κ2) is 7.03. The second-order valence-electron chi connectivity index (χ2n) is 5.91. The van der Waals surface area contributed by atoms with Crippen LogP contribution >= 0.6 is 0 Å². The Hall–Kier alpha value is -1.42. The highest BCUT2D eigenvalue weighted by atomic mass is 32.2. The lowest BCUT2D eigenvalue weighted by Gasteiger charge is -2.18. The maximum absolute atomic E-state index is 13.7. The number of benzene rings is 1. The molecule has 0 aliphatic rings. The molecule has 0 aliphatic carbocycles. The third-order valence-corrected chi connectivity index (χ3v) is 4.29. The number of halogens is 1. The third-order valence-electron chi connectivity index (χ3n) is 2.46. The van der Waals surface area contributed by atoms with Gasteiger partial charge in [0.1, 0.15) is 12.4 Å². The third kappa shape index (κ3) is 6.71. The van der Waals surface area contributed by atoms with E-state index >= 15 is 0 Å². The van der Waals surface area contributed by atoms with Crippen molar-refractivity contribution < 1.29 is 17.9 Å². The molecule has 1 rings (SSSR count). The number of hydrogen-bond acceptors (Lipinski definition) is 3. The van der Waals surface area contributed by atoms with Crippen LogP contribution in [0.25, 0.3) is 0 Å². The van der Waals surface area contributed by atoms with Crippen LogP contribution in [0.3, 0.4) is 0 Å². The summed E-state index contributed by atoms with van der Waals surface area (Å²) in [6, 6.07) is 4.18. The van der Waals surface area contributed by atoms with Crippen molar-refractivity contribution >= 4 is 10.0 Å². The number of sulfonamides is 1. The van der Waals surface area contributed by atoms with E-state index in [1.165, 1.54) is 18.2 Å². The Morgan fingerprint density at radius 1 is 1.33 bits per heavy atom. The number of hydrogen-bond donors (Lipinski definition) is 2. The lowest BCUT2D eigenvalue weighted by Crippen LogP contribution is -2.32. The van der Waals surface area contributed by atoms with E-state index in [1.807, 2.05) is 20.8 Å². The fraction of sp³-hybridized carbons (Fsp3) is 0.467. The molecule has 0 saturated heterocycles. The van der Waals surface area contributed by atoms with Crippen molar-refractivity contribution in [1.29, 1.82) is 0 Å². The zero-order valence-corrected chi connectivity index (χ0v) is 13.2. The summed E-state index contributed by atoms with van der Waals surface area (Å²) in [5, 5.41) is 8.63. The highest BCUT2D eigenvalue weighted by Gasteiger charge is 2.21. The van der Waals surface area contributed by atoms with Gasteiger partial charge in [-0.1, -0.05) is 32.6 Å². The summed E-state index contributed by atoms with van der Waals surface area (Å²) in [6.07, 6.45) is 0. The van der Waals surface area contributed by atoms with Crippen molar-refractivity contribution in [1.82, 2.24) is 4.72 Å². The summed E-state index contributed by atoms with van der Waals surface area (Å²) in [4.78, 5) is 0. The molecule has 4 nitrogen and oxygen atoms in total. The minimum atomic E-state index is -3.48. The van der Waals surface area contributed by atoms with E-state index in [-0.39, 0.29) is 29.9 Å². The van der Waals surface area contributed by atoms with Crippen LogP contribution in [0.15, 0.2) is 18.2 Å². The molecular formula is C15H20FNO3S. The summed E-state index contributed by atoms with van der Waals surface area (Å²) in [5.74, 6) is 4.58. The van der Waals surface area contributed by atoms with Crippen LogP contribution in [0.2, 0.25) is 0 Å². The molecule has 2 N–H and O–H groups in total. The van der Waals surface area contributed by atoms with Crippen LogP contribution in [0.5, 0.6) is 0 Å². The Kier molecular flexibility index (Phi) is 5.90. The van der Waals surface area contributed by atoms with E-state index < -0.39 is 15.8 Å². The van der Waals surface area contributed by atoms with Crippen LogP contribution in [-0.4, -0.2) is 25.9 Å². The van der Waals surface area contributed by atoms with Crippen LogP contribution in [0, 0.1) is 23.1 Å². The predicted molar refractivity (Wildman–Crippen MR) is 80.4 cm³/mol. The highest BCUT2D eigenvalue weighted by Crippen LogP contribution is 2.16. The van der Waals surface area contributed by atoms with E-state index in [4.69, 9.17) is 5.11 Å². The smallest absolute Gasteiger partial charge is 0.212 e. The molecule has 0 aromatic heterocycles. The number of aliphatic hydroxyl groups excluding tert-OH is 1. The average molecular weight is 313 g/mol. The quantitative estimate of drug-likeness (QED) is 0.831. The lowest BCUT2D eigenvalue weighted by molar-refractivity contribution is 0.350. The first-order valence-electron chi connectivity index (χ1n) is 6.48. The standard InChI is InChI=1S/C15H20FNO3S/c1-15(2,3)11-21(19,20)17-10-13-9-12(5-4-8-18)6-7-14(13)16/h6-7,9,17-18H,8,10-11H2,1-3H3. The Bertz CT molecular complexity index is 652. The SMILES string of the molecule is CC(C)(C)CS(=O)(=O)NCc1cc(C#CCO)ccc1F. The second-order valence-corrected chi connectivity index (χ2v) is 7.71. The first-order chi connectivity index (χ1) is 9.63. The van der Waals surface area contributed by atoms with Gasteiger partial charge in [-0.3, -0.25) is 0 Å². The van der Waals surface area contributed by atoms with Crippen molar-refractivity contribution in [2.24, 2.45) is 5.41 Å². The molecule has 1 aromatic carbocycles. The van der Waals surface area contributed by atoms with E-state index in [0.717, 1.165) is 0 Å². The predicted octanol–water partition coefficient (Wildman–Crippen LogP) is 1.64. The van der Waals surface area contributed by atoms with Gasteiger partial charge in [0, 0.05) is 17.7 Å². The molecule has 6 heteroatoms. The van der Waals surface area contributed by atoms with E-state index in [9.17, 15) is 12.8 Å². The Labute approximate surface area is 125 Å². The molecule has 0 atom stereocenters. The molecule has 21 heavy (non-hydrogen) atoms. The molecule has 0 spiro atoms. The van der Waals surface area contributed by atoms with Gasteiger partial charge in [-0.05, 0) is 23.6 Å². The average Bonchev–Trinajstić information content (AvgIpc) is 2.33. The van der Waals surface area contributed by atoms with Gasteiger partial charge in [0.15, 0.2) is 0 Å². The first-order valence-corrected chi connectivity index (χ1v) is 8.14. The molecule has 0 amide bonds. The van der Waals surface area contributed by atoms with Crippen molar-refractivity contribution in [3.63, 3.8) is 0 Å². The highest BCUT2D eigenvalue weighted by molar-refractivity contribution is 7.89. The van der Waals surface area contributed by atoms with E-state index in [2.05, 4.69) is 16.6 Å². The largest absolute Gasteiger partial charge is 0.384 e. The summed E-state index contributed by atoms with van der Waals surface area (Å²) in [5.41, 5.74) is 0.367. The van der Waals surface area contributed by atoms with Gasteiger partial charge < -0.3 is 5.11 Å². The Balaban J connectivity index is 2.84. The summed E-state index contributed by atoms with van der Waals surface area (Å²) in [7, 11) is -3.48. The lowest BCUT2D eigenvalue weighted by atomic mass is 10.0. The molecule has 0 radical (unpaired) electrons. The maximum atomic E-state index is 13.7. The van der Waals surface area contributed by atoms with Gasteiger partial charge in [-0.15, -0.1) is 0 Å². The summed E-state index contributed by atoms with van der Waals surface area (Å²) in [6.45, 7) is 5.04. The van der Waals surface area contributed by atoms with Gasteiger partial charge in [0.05, 0.1) is 5.75 Å². The number of nitrogens with one attached hydrogen (secondary N) is 1. The molecule has 1 aromatic rings. The molecule has 0 saturated carbocycles. The van der Waals surface area contributed by atoms with Crippen LogP contribution in [0.4, 0.5) is 4.39 Å². The van der Waals surface area contributed by atoms with Crippen LogP contribution in [-0.2, 0) is 16.6 Å². The maximum Gasteiger partial charge on any atom is 0.212 e. The molecule has 0 bridgehead atoms. The summed E-state index contributed by atoms with van der Waals surface area (Å²) < 4.78 is 39.8. The molecule has 0 aliphatic heterocycles. The van der Waals surface area contributed by atoms with E-state index in [1.54, 1.807) is 0 Å². The minimum Gasteiger partial charge on any atom is -0.384 e. The zero-order chi connectivity index (χ0) is 16.1. The zero-order valence-electron chi connectivity index (χ0n) is 12.4. The monoisotopic (exact) mass is 313 g/mol. The van der Waals surface area contributed by atoms with Gasteiger partial charge in [-0.25, -0.2) is 17.5 Å². The Morgan fingerprint density at radius 3 is 2.57 bits per heavy atom. The van der Waals surface area contributed by atoms with Gasteiger partial charge in [0.25, 0.3) is 0 Å². The minimum absolute atomic E-state index is 0.0361. The van der Waals surface area contributed by atoms with Crippen molar-refractivity contribution in [2.75, 3.05) is 12.4 Å². The number of rotatable bonds is 4. The molecule has 0 fully saturated rings. The van der Waals surface area contributed by atoms with E-state index in [0.29, 0.717) is 5.56 Å². The fourth-order valence-corrected chi connectivity index (χ4v) is 3.36. The van der Waals surface area contributed by atoms with Crippen molar-refractivity contribution in [2.45, 2.75) is 27.3 Å². The number of aliphatic hydroxyl groups is 1.